The highest BCUT2D eigenvalue weighted by Gasteiger charge is 2.42. The molecule has 0 radical (unpaired) electrons. The van der Waals surface area contributed by atoms with Crippen molar-refractivity contribution in [2.24, 2.45) is 5.92 Å². The molecule has 3 rings (SSSR count). The van der Waals surface area contributed by atoms with Gasteiger partial charge in [0.2, 0.25) is 0 Å². The molecule has 3 unspecified atom stereocenters. The maximum Gasteiger partial charge on any atom is 0.269 e. The summed E-state index contributed by atoms with van der Waals surface area (Å²) in [5.74, 6) is -1.15. The number of aryl methyl sites for hydroxylation is 3. The first-order valence-corrected chi connectivity index (χ1v) is 9.75. The van der Waals surface area contributed by atoms with Crippen LogP contribution in [0.4, 0.5) is 0 Å². The predicted octanol–water partition coefficient (Wildman–Crippen LogP) is 2.73. The number of Topliss-reactive ketones (excluding diaryl/α,β-unsaturated/α-hetero) is 1. The first-order chi connectivity index (χ1) is 13.8. The number of aliphatic hydroxyl groups is 1. The molecule has 1 aliphatic carbocycles. The molecule has 1 saturated carbocycles. The van der Waals surface area contributed by atoms with Gasteiger partial charge in [0.15, 0.2) is 0 Å². The minimum absolute atomic E-state index is 0.0337. The molecule has 3 atom stereocenters. The third kappa shape index (κ3) is 4.36. The number of hydrogen-bond donors (Lipinski definition) is 2. The molecule has 2 N–H and O–H groups in total. The monoisotopic (exact) mass is 391 g/mol. The van der Waals surface area contributed by atoms with Gasteiger partial charge in [-0.3, -0.25) is 14.6 Å². The van der Waals surface area contributed by atoms with Crippen LogP contribution in [-0.4, -0.2) is 34.4 Å². The lowest BCUT2D eigenvalue weighted by Gasteiger charge is -2.19. The number of nitrogens with zero attached hydrogens (tertiary/aromatic N) is 2. The molecular weight excluding hydrogens is 366 g/mol. The molecule has 1 aliphatic rings. The van der Waals surface area contributed by atoms with Crippen molar-refractivity contribution in [3.05, 3.63) is 64.0 Å². The zero-order valence-electron chi connectivity index (χ0n) is 16.9. The Morgan fingerprint density at radius 1 is 1.28 bits per heavy atom. The van der Waals surface area contributed by atoms with Crippen LogP contribution in [0.15, 0.2) is 30.5 Å². The number of pyridine rings is 1. The third-order valence-electron chi connectivity index (χ3n) is 5.57. The van der Waals surface area contributed by atoms with Gasteiger partial charge < -0.3 is 10.4 Å². The molecule has 150 valence electrons. The van der Waals surface area contributed by atoms with Crippen molar-refractivity contribution in [2.45, 2.75) is 45.6 Å². The van der Waals surface area contributed by atoms with E-state index in [9.17, 15) is 14.7 Å². The van der Waals surface area contributed by atoms with Crippen molar-refractivity contribution in [1.29, 1.82) is 5.26 Å². The highest BCUT2D eigenvalue weighted by molar-refractivity contribution is 5.93. The molecule has 1 aromatic heterocycles. The fourth-order valence-electron chi connectivity index (χ4n) is 4.34. The van der Waals surface area contributed by atoms with E-state index in [0.29, 0.717) is 24.9 Å². The SMILES string of the molecule is Cc1cc(C)c(C2C(=O)C(CCNC(=O)c3cc(C#N)ccn3)CC2O)c(C)c1. The number of ketones is 1. The number of carbonyl (C=O) groups excluding carboxylic acids is 2. The number of aromatic nitrogens is 1. The summed E-state index contributed by atoms with van der Waals surface area (Å²) in [7, 11) is 0. The highest BCUT2D eigenvalue weighted by Crippen LogP contribution is 2.39. The van der Waals surface area contributed by atoms with E-state index in [-0.39, 0.29) is 23.3 Å². The van der Waals surface area contributed by atoms with Crippen molar-refractivity contribution in [1.82, 2.24) is 10.3 Å². The molecule has 29 heavy (non-hydrogen) atoms. The molecular formula is C23H25N3O3. The Balaban J connectivity index is 1.64. The second kappa shape index (κ2) is 8.54. The van der Waals surface area contributed by atoms with Crippen molar-refractivity contribution in [2.75, 3.05) is 6.54 Å². The van der Waals surface area contributed by atoms with E-state index in [2.05, 4.69) is 10.3 Å². The van der Waals surface area contributed by atoms with Crippen LogP contribution in [-0.2, 0) is 4.79 Å². The Morgan fingerprint density at radius 3 is 2.62 bits per heavy atom. The molecule has 0 aliphatic heterocycles. The van der Waals surface area contributed by atoms with Crippen LogP contribution in [0.25, 0.3) is 0 Å². The molecule has 6 nitrogen and oxygen atoms in total. The van der Waals surface area contributed by atoms with Crippen LogP contribution in [0.3, 0.4) is 0 Å². The molecule has 0 saturated heterocycles. The largest absolute Gasteiger partial charge is 0.392 e. The summed E-state index contributed by atoms with van der Waals surface area (Å²) in [6, 6.07) is 9.02. The molecule has 6 heteroatoms. The Labute approximate surface area is 170 Å². The Hall–Kier alpha value is -3.04. The second-order valence-corrected chi connectivity index (χ2v) is 7.78. The van der Waals surface area contributed by atoms with Gasteiger partial charge in [-0.1, -0.05) is 17.7 Å². The average molecular weight is 391 g/mol. The molecule has 0 bridgehead atoms. The van der Waals surface area contributed by atoms with Crippen LogP contribution in [0.5, 0.6) is 0 Å². The summed E-state index contributed by atoms with van der Waals surface area (Å²) in [4.78, 5) is 29.2. The van der Waals surface area contributed by atoms with Gasteiger partial charge in [-0.2, -0.15) is 5.26 Å². The minimum Gasteiger partial charge on any atom is -0.392 e. The number of rotatable bonds is 5. The number of nitriles is 1. The van der Waals surface area contributed by atoms with Crippen LogP contribution < -0.4 is 5.32 Å². The zero-order valence-corrected chi connectivity index (χ0v) is 16.9. The normalized spacial score (nSPS) is 21.1. The topological polar surface area (TPSA) is 103 Å². The number of amides is 1. The smallest absolute Gasteiger partial charge is 0.269 e. The van der Waals surface area contributed by atoms with Gasteiger partial charge in [0.25, 0.3) is 5.91 Å². The van der Waals surface area contributed by atoms with Crippen molar-refractivity contribution in [3.63, 3.8) is 0 Å². The van der Waals surface area contributed by atoms with Gasteiger partial charge in [-0.05, 0) is 62.4 Å². The van der Waals surface area contributed by atoms with Crippen LogP contribution in [0.2, 0.25) is 0 Å². The lowest BCUT2D eigenvalue weighted by molar-refractivity contribution is -0.122. The second-order valence-electron chi connectivity index (χ2n) is 7.78. The van der Waals surface area contributed by atoms with Crippen LogP contribution in [0.1, 0.15) is 57.1 Å². The third-order valence-corrected chi connectivity index (χ3v) is 5.57. The zero-order chi connectivity index (χ0) is 21.1. The van der Waals surface area contributed by atoms with E-state index >= 15 is 0 Å². The number of nitrogens with one attached hydrogen (secondary N) is 1. The van der Waals surface area contributed by atoms with Crippen molar-refractivity contribution >= 4 is 11.7 Å². The van der Waals surface area contributed by atoms with Crippen LogP contribution >= 0.6 is 0 Å². The van der Waals surface area contributed by atoms with Gasteiger partial charge in [-0.25, -0.2) is 0 Å². The lowest BCUT2D eigenvalue weighted by Crippen LogP contribution is -2.28. The first kappa shape index (κ1) is 20.7. The maximum atomic E-state index is 13.0. The molecule has 2 aromatic rings. The van der Waals surface area contributed by atoms with E-state index in [4.69, 9.17) is 5.26 Å². The summed E-state index contributed by atoms with van der Waals surface area (Å²) in [5.41, 5.74) is 4.65. The quantitative estimate of drug-likeness (QED) is 0.816. The van der Waals surface area contributed by atoms with E-state index < -0.39 is 12.0 Å². The first-order valence-electron chi connectivity index (χ1n) is 9.75. The van der Waals surface area contributed by atoms with E-state index in [1.807, 2.05) is 39.0 Å². The number of aliphatic hydroxyl groups excluding tert-OH is 1. The average Bonchev–Trinajstić information content (AvgIpc) is 2.95. The summed E-state index contributed by atoms with van der Waals surface area (Å²) in [5, 5.41) is 22.3. The number of carbonyl (C=O) groups is 2. The molecule has 1 fully saturated rings. The predicted molar refractivity (Wildman–Crippen MR) is 108 cm³/mol. The Morgan fingerprint density at radius 2 is 1.97 bits per heavy atom. The van der Waals surface area contributed by atoms with E-state index in [0.717, 1.165) is 22.3 Å². The summed E-state index contributed by atoms with van der Waals surface area (Å²) >= 11 is 0. The van der Waals surface area contributed by atoms with Gasteiger partial charge in [0, 0.05) is 18.7 Å². The molecule has 0 spiro atoms. The molecule has 1 amide bonds. The number of hydrogen-bond acceptors (Lipinski definition) is 5. The van der Waals surface area contributed by atoms with Gasteiger partial charge >= 0.3 is 0 Å². The minimum atomic E-state index is -0.711. The van der Waals surface area contributed by atoms with E-state index in [1.165, 1.54) is 18.3 Å². The molecule has 1 heterocycles. The fraction of sp³-hybridized carbons (Fsp3) is 0.391. The van der Waals surface area contributed by atoms with Gasteiger partial charge in [-0.15, -0.1) is 0 Å². The fourth-order valence-corrected chi connectivity index (χ4v) is 4.34. The summed E-state index contributed by atoms with van der Waals surface area (Å²) in [6.07, 6.45) is 1.56. The Bertz CT molecular complexity index is 970. The standard InChI is InChI=1S/C23H25N3O3/c1-13-8-14(2)20(15(3)9-13)21-19(27)11-17(22(21)28)5-7-26-23(29)18-10-16(12-24)4-6-25-18/h4,6,8-10,17,19,21,27H,5,7,11H2,1-3H3,(H,26,29). The van der Waals surface area contributed by atoms with Gasteiger partial charge in [0.1, 0.15) is 11.5 Å². The summed E-state index contributed by atoms with van der Waals surface area (Å²) < 4.78 is 0. The van der Waals surface area contributed by atoms with Crippen molar-refractivity contribution < 1.29 is 14.7 Å². The maximum absolute atomic E-state index is 13.0. The van der Waals surface area contributed by atoms with Crippen molar-refractivity contribution in [3.8, 4) is 6.07 Å². The van der Waals surface area contributed by atoms with Gasteiger partial charge in [0.05, 0.1) is 23.7 Å². The Kier molecular flexibility index (Phi) is 6.09. The molecule has 1 aromatic carbocycles. The lowest BCUT2D eigenvalue weighted by atomic mass is 9.86. The highest BCUT2D eigenvalue weighted by atomic mass is 16.3. The van der Waals surface area contributed by atoms with E-state index in [1.54, 1.807) is 0 Å². The summed E-state index contributed by atoms with van der Waals surface area (Å²) in [6.45, 7) is 6.28. The van der Waals surface area contributed by atoms with Crippen LogP contribution in [0, 0.1) is 38.0 Å². The number of benzene rings is 1.